The second-order valence-electron chi connectivity index (χ2n) is 7.26. The molecule has 7 nitrogen and oxygen atoms in total. The van der Waals surface area contributed by atoms with E-state index in [4.69, 9.17) is 4.98 Å². The Labute approximate surface area is 146 Å². The van der Waals surface area contributed by atoms with Crippen molar-refractivity contribution < 1.29 is 9.59 Å². The molecule has 2 unspecified atom stereocenters. The zero-order chi connectivity index (χ0) is 17.6. The molecule has 2 N–H and O–H groups in total. The molecule has 3 heterocycles. The average Bonchev–Trinajstić information content (AvgIpc) is 3.05. The van der Waals surface area contributed by atoms with Crippen LogP contribution >= 0.6 is 0 Å². The number of piperidine rings is 1. The van der Waals surface area contributed by atoms with E-state index in [1.54, 1.807) is 0 Å². The summed E-state index contributed by atoms with van der Waals surface area (Å²) in [6.45, 7) is 4.32. The Morgan fingerprint density at radius 1 is 1.32 bits per heavy atom. The zero-order valence-corrected chi connectivity index (χ0v) is 14.6. The fourth-order valence-electron chi connectivity index (χ4n) is 4.05. The van der Waals surface area contributed by atoms with Crippen LogP contribution in [-0.4, -0.2) is 45.0 Å². The molecular weight excluding hydrogens is 318 g/mol. The van der Waals surface area contributed by atoms with E-state index in [1.807, 2.05) is 32.2 Å². The number of para-hydroxylation sites is 2. The second kappa shape index (κ2) is 5.84. The Kier molecular flexibility index (Phi) is 3.76. The molecule has 4 rings (SSSR count). The molecule has 1 aromatic carbocycles. The summed E-state index contributed by atoms with van der Waals surface area (Å²) in [5.74, 6) is 0.904. The average molecular weight is 341 g/mol. The molecule has 2 fully saturated rings. The van der Waals surface area contributed by atoms with E-state index in [9.17, 15) is 9.59 Å². The topological polar surface area (TPSA) is 79.3 Å². The van der Waals surface area contributed by atoms with Crippen molar-refractivity contribution in [2.24, 2.45) is 13.0 Å². The van der Waals surface area contributed by atoms with Crippen molar-refractivity contribution in [3.05, 3.63) is 30.1 Å². The number of rotatable bonds is 3. The molecule has 25 heavy (non-hydrogen) atoms. The largest absolute Gasteiger partial charge is 0.330 e. The lowest BCUT2D eigenvalue weighted by Gasteiger charge is -2.39. The first-order valence-corrected chi connectivity index (χ1v) is 8.73. The first kappa shape index (κ1) is 16.1. The van der Waals surface area contributed by atoms with Crippen molar-refractivity contribution in [2.75, 3.05) is 13.1 Å². The van der Waals surface area contributed by atoms with Gasteiger partial charge in [-0.05, 0) is 38.4 Å². The molecule has 7 heteroatoms. The fraction of sp³-hybridized carbons (Fsp3) is 0.500. The minimum absolute atomic E-state index is 0.0994. The van der Waals surface area contributed by atoms with Crippen LogP contribution in [0.1, 0.15) is 25.6 Å². The van der Waals surface area contributed by atoms with Gasteiger partial charge in [-0.3, -0.25) is 15.0 Å². The highest BCUT2D eigenvalue weighted by Gasteiger charge is 2.48. The summed E-state index contributed by atoms with van der Waals surface area (Å²) in [5.41, 5.74) is 1.31. The van der Waals surface area contributed by atoms with Crippen LogP contribution < -0.4 is 10.6 Å². The molecule has 0 saturated carbocycles. The van der Waals surface area contributed by atoms with Crippen molar-refractivity contribution in [1.29, 1.82) is 0 Å². The number of urea groups is 1. The molecule has 1 aromatic heterocycles. The maximum absolute atomic E-state index is 12.2. The number of nitrogens with zero attached hydrogens (tertiary/aromatic N) is 3. The summed E-state index contributed by atoms with van der Waals surface area (Å²) in [6, 6.07) is 7.73. The third-order valence-corrected chi connectivity index (χ3v) is 5.64. The normalized spacial score (nSPS) is 27.5. The number of hydrogen-bond acceptors (Lipinski definition) is 4. The van der Waals surface area contributed by atoms with Gasteiger partial charge in [0.1, 0.15) is 11.4 Å². The highest BCUT2D eigenvalue weighted by molar-refractivity contribution is 6.07. The van der Waals surface area contributed by atoms with Gasteiger partial charge in [0, 0.05) is 19.5 Å². The number of benzene rings is 1. The van der Waals surface area contributed by atoms with Crippen molar-refractivity contribution >= 4 is 23.0 Å². The summed E-state index contributed by atoms with van der Waals surface area (Å²) in [4.78, 5) is 30.8. The van der Waals surface area contributed by atoms with Crippen LogP contribution in [0.3, 0.4) is 0 Å². The molecule has 0 bridgehead atoms. The summed E-state index contributed by atoms with van der Waals surface area (Å²) < 4.78 is 2.13. The van der Waals surface area contributed by atoms with Crippen molar-refractivity contribution in [3.8, 4) is 0 Å². The third-order valence-electron chi connectivity index (χ3n) is 5.64. The highest BCUT2D eigenvalue weighted by Crippen LogP contribution is 2.30. The van der Waals surface area contributed by atoms with E-state index in [2.05, 4.69) is 26.2 Å². The van der Waals surface area contributed by atoms with Crippen LogP contribution in [-0.2, 0) is 18.4 Å². The predicted molar refractivity (Wildman–Crippen MR) is 93.8 cm³/mol. The van der Waals surface area contributed by atoms with Gasteiger partial charge in [0.2, 0.25) is 0 Å². The van der Waals surface area contributed by atoms with E-state index in [0.29, 0.717) is 0 Å². The number of aryl methyl sites for hydroxylation is 1. The number of aromatic nitrogens is 2. The predicted octanol–water partition coefficient (Wildman–Crippen LogP) is 1.38. The van der Waals surface area contributed by atoms with Gasteiger partial charge < -0.3 is 9.88 Å². The fourth-order valence-corrected chi connectivity index (χ4v) is 4.05. The van der Waals surface area contributed by atoms with Gasteiger partial charge >= 0.3 is 6.03 Å². The lowest BCUT2D eigenvalue weighted by atomic mass is 9.80. The third kappa shape index (κ3) is 2.68. The number of nitrogens with one attached hydrogen (secondary N) is 2. The zero-order valence-electron chi connectivity index (χ0n) is 14.6. The number of hydrogen-bond donors (Lipinski definition) is 2. The van der Waals surface area contributed by atoms with Crippen LogP contribution in [0.25, 0.3) is 11.0 Å². The van der Waals surface area contributed by atoms with Gasteiger partial charge in [0.15, 0.2) is 0 Å². The molecule has 3 amide bonds. The van der Waals surface area contributed by atoms with Crippen molar-refractivity contribution in [3.63, 3.8) is 0 Å². The molecule has 0 aliphatic carbocycles. The number of carbonyl (C=O) groups is 2. The highest BCUT2D eigenvalue weighted by atomic mass is 16.2. The van der Waals surface area contributed by atoms with Crippen LogP contribution in [0.5, 0.6) is 0 Å². The van der Waals surface area contributed by atoms with Gasteiger partial charge in [-0.2, -0.15) is 0 Å². The van der Waals surface area contributed by atoms with Gasteiger partial charge in [-0.1, -0.05) is 12.1 Å². The lowest BCUT2D eigenvalue weighted by molar-refractivity contribution is -0.126. The van der Waals surface area contributed by atoms with E-state index in [0.717, 1.165) is 49.3 Å². The van der Waals surface area contributed by atoms with Crippen LogP contribution in [0.4, 0.5) is 4.79 Å². The van der Waals surface area contributed by atoms with Crippen molar-refractivity contribution in [1.82, 2.24) is 25.1 Å². The van der Waals surface area contributed by atoms with Gasteiger partial charge in [0.05, 0.1) is 17.6 Å². The van der Waals surface area contributed by atoms with Crippen molar-refractivity contribution in [2.45, 2.75) is 31.8 Å². The Morgan fingerprint density at radius 2 is 2.12 bits per heavy atom. The smallest absolute Gasteiger partial charge is 0.322 e. The SMILES string of the molecule is Cn1c(CN2CCCC(C3(C)NC(=O)NC3=O)C2)nc2ccccc21. The number of likely N-dealkylation sites (tertiary alicyclic amines) is 1. The van der Waals surface area contributed by atoms with E-state index in [-0.39, 0.29) is 17.9 Å². The molecular formula is C18H23N5O2. The van der Waals surface area contributed by atoms with E-state index < -0.39 is 5.54 Å². The number of amides is 3. The summed E-state index contributed by atoms with van der Waals surface area (Å²) in [5, 5.41) is 5.19. The summed E-state index contributed by atoms with van der Waals surface area (Å²) in [6.07, 6.45) is 1.94. The number of fused-ring (bicyclic) bond motifs is 1. The minimum Gasteiger partial charge on any atom is -0.330 e. The molecule has 0 spiro atoms. The molecule has 0 radical (unpaired) electrons. The second-order valence-corrected chi connectivity index (χ2v) is 7.26. The van der Waals surface area contributed by atoms with Gasteiger partial charge in [-0.15, -0.1) is 0 Å². The lowest BCUT2D eigenvalue weighted by Crippen LogP contribution is -2.55. The maximum atomic E-state index is 12.2. The maximum Gasteiger partial charge on any atom is 0.322 e. The number of carbonyl (C=O) groups excluding carboxylic acids is 2. The van der Waals surface area contributed by atoms with Crippen LogP contribution in [0, 0.1) is 5.92 Å². The first-order chi connectivity index (χ1) is 12.0. The quantitative estimate of drug-likeness (QED) is 0.827. The Balaban J connectivity index is 1.52. The monoisotopic (exact) mass is 341 g/mol. The Hall–Kier alpha value is -2.41. The van der Waals surface area contributed by atoms with Gasteiger partial charge in [-0.25, -0.2) is 9.78 Å². The van der Waals surface area contributed by atoms with Gasteiger partial charge in [0.25, 0.3) is 5.91 Å². The summed E-state index contributed by atoms with van der Waals surface area (Å²) in [7, 11) is 2.04. The minimum atomic E-state index is -0.817. The number of imide groups is 1. The molecule has 132 valence electrons. The standard InChI is InChI=1S/C18H23N5O2/c1-18(16(24)20-17(25)21-18)12-6-5-9-23(10-12)11-15-19-13-7-3-4-8-14(13)22(15)2/h3-4,7-8,12H,5-6,9-11H2,1-2H3,(H2,20,21,24,25). The summed E-state index contributed by atoms with van der Waals surface area (Å²) >= 11 is 0. The van der Waals surface area contributed by atoms with Crippen LogP contribution in [0.15, 0.2) is 24.3 Å². The Bertz CT molecular complexity index is 845. The Morgan fingerprint density at radius 3 is 2.84 bits per heavy atom. The van der Waals surface area contributed by atoms with Crippen LogP contribution in [0.2, 0.25) is 0 Å². The molecule has 2 aliphatic heterocycles. The molecule has 2 aromatic rings. The van der Waals surface area contributed by atoms with E-state index in [1.165, 1.54) is 0 Å². The number of imidazole rings is 1. The molecule has 2 saturated heterocycles. The first-order valence-electron chi connectivity index (χ1n) is 8.73. The molecule has 2 atom stereocenters. The molecule has 2 aliphatic rings. The van der Waals surface area contributed by atoms with E-state index >= 15 is 0 Å².